The van der Waals surface area contributed by atoms with Crippen LogP contribution in [0.3, 0.4) is 0 Å². The van der Waals surface area contributed by atoms with Gasteiger partial charge in [0.15, 0.2) is 0 Å². The van der Waals surface area contributed by atoms with Gasteiger partial charge in [0.2, 0.25) is 11.8 Å². The Balaban J connectivity index is 2.41. The predicted octanol–water partition coefficient (Wildman–Crippen LogP) is 1.75. The standard InChI is InChI=1S/C13H18N2O2S/c14-12(16)7-3-1-2-5-10(13(15)17)9-11-6-4-8-18-11/h4-6,8H,1-3,7,9H2,(H2,14,16)(H2,15,17). The summed E-state index contributed by atoms with van der Waals surface area (Å²) in [6.07, 6.45) is 5.18. The van der Waals surface area contributed by atoms with Gasteiger partial charge in [-0.05, 0) is 30.7 Å². The third-order valence-electron chi connectivity index (χ3n) is 2.53. The molecule has 0 fully saturated rings. The second kappa shape index (κ2) is 7.66. The smallest absolute Gasteiger partial charge is 0.244 e. The summed E-state index contributed by atoms with van der Waals surface area (Å²) in [7, 11) is 0. The van der Waals surface area contributed by atoms with Crippen molar-refractivity contribution in [2.24, 2.45) is 11.5 Å². The van der Waals surface area contributed by atoms with Gasteiger partial charge in [-0.2, -0.15) is 0 Å². The van der Waals surface area contributed by atoms with Crippen LogP contribution in [0.15, 0.2) is 29.2 Å². The number of amides is 2. The highest BCUT2D eigenvalue weighted by Gasteiger charge is 2.06. The Morgan fingerprint density at radius 2 is 2.06 bits per heavy atom. The van der Waals surface area contributed by atoms with Crippen LogP contribution in [0.1, 0.15) is 30.6 Å². The van der Waals surface area contributed by atoms with E-state index in [4.69, 9.17) is 11.5 Å². The Morgan fingerprint density at radius 3 is 2.61 bits per heavy atom. The van der Waals surface area contributed by atoms with E-state index in [1.54, 1.807) is 11.3 Å². The molecule has 0 saturated heterocycles. The molecule has 0 saturated carbocycles. The first-order chi connectivity index (χ1) is 8.59. The Hall–Kier alpha value is -1.62. The van der Waals surface area contributed by atoms with Crippen LogP contribution in [0, 0.1) is 0 Å². The van der Waals surface area contributed by atoms with Crippen molar-refractivity contribution in [2.45, 2.75) is 32.1 Å². The first-order valence-corrected chi connectivity index (χ1v) is 6.77. The number of rotatable bonds is 8. The molecular weight excluding hydrogens is 248 g/mol. The molecule has 1 aromatic heterocycles. The molecule has 0 radical (unpaired) electrons. The summed E-state index contributed by atoms with van der Waals surface area (Å²) < 4.78 is 0. The lowest BCUT2D eigenvalue weighted by Gasteiger charge is -2.02. The van der Waals surface area contributed by atoms with Crippen molar-refractivity contribution in [3.8, 4) is 0 Å². The van der Waals surface area contributed by atoms with Crippen molar-refractivity contribution in [2.75, 3.05) is 0 Å². The molecule has 5 heteroatoms. The van der Waals surface area contributed by atoms with Crippen LogP contribution in [0.5, 0.6) is 0 Å². The summed E-state index contributed by atoms with van der Waals surface area (Å²) >= 11 is 1.61. The Labute approximate surface area is 111 Å². The lowest BCUT2D eigenvalue weighted by Crippen LogP contribution is -2.15. The molecule has 1 rings (SSSR count). The highest BCUT2D eigenvalue weighted by atomic mass is 32.1. The summed E-state index contributed by atoms with van der Waals surface area (Å²) in [5.74, 6) is -0.661. The van der Waals surface area contributed by atoms with E-state index in [-0.39, 0.29) is 11.8 Å². The molecule has 4 nitrogen and oxygen atoms in total. The van der Waals surface area contributed by atoms with Gasteiger partial charge < -0.3 is 11.5 Å². The molecule has 1 aromatic rings. The predicted molar refractivity (Wildman–Crippen MR) is 73.0 cm³/mol. The molecule has 0 spiro atoms. The highest BCUT2D eigenvalue weighted by molar-refractivity contribution is 7.09. The third kappa shape index (κ3) is 5.63. The Bertz CT molecular complexity index is 424. The van der Waals surface area contributed by atoms with Crippen LogP contribution in [-0.4, -0.2) is 11.8 Å². The molecule has 4 N–H and O–H groups in total. The van der Waals surface area contributed by atoms with Crippen LogP contribution in [-0.2, 0) is 16.0 Å². The summed E-state index contributed by atoms with van der Waals surface area (Å²) in [6.45, 7) is 0. The fraction of sp³-hybridized carbons (Fsp3) is 0.385. The number of thiophene rings is 1. The van der Waals surface area contributed by atoms with Crippen LogP contribution < -0.4 is 11.5 Å². The topological polar surface area (TPSA) is 86.2 Å². The molecule has 0 atom stereocenters. The van der Waals surface area contributed by atoms with Gasteiger partial charge in [-0.1, -0.05) is 12.1 Å². The maximum atomic E-state index is 11.3. The molecule has 2 amide bonds. The van der Waals surface area contributed by atoms with Crippen molar-refractivity contribution in [3.63, 3.8) is 0 Å². The van der Waals surface area contributed by atoms with Crippen LogP contribution in [0.4, 0.5) is 0 Å². The number of hydrogen-bond acceptors (Lipinski definition) is 3. The van der Waals surface area contributed by atoms with E-state index in [0.29, 0.717) is 18.4 Å². The molecular formula is C13H18N2O2S. The zero-order valence-electron chi connectivity index (χ0n) is 10.2. The summed E-state index contributed by atoms with van der Waals surface area (Å²) in [5, 5.41) is 1.97. The maximum Gasteiger partial charge on any atom is 0.244 e. The molecule has 0 unspecified atom stereocenters. The average molecular weight is 266 g/mol. The number of unbranched alkanes of at least 4 members (excludes halogenated alkanes) is 2. The average Bonchev–Trinajstić information content (AvgIpc) is 2.79. The first-order valence-electron chi connectivity index (χ1n) is 5.89. The SMILES string of the molecule is NC(=O)CCCCC=C(Cc1cccs1)C(N)=O. The number of carbonyl (C=O) groups is 2. The molecule has 98 valence electrons. The largest absolute Gasteiger partial charge is 0.370 e. The number of primary amides is 2. The second-order valence-electron chi connectivity index (χ2n) is 4.06. The van der Waals surface area contributed by atoms with Crippen LogP contribution in [0.25, 0.3) is 0 Å². The lowest BCUT2D eigenvalue weighted by atomic mass is 10.1. The molecule has 18 heavy (non-hydrogen) atoms. The van der Waals surface area contributed by atoms with Crippen LogP contribution in [0.2, 0.25) is 0 Å². The van der Waals surface area contributed by atoms with Gasteiger partial charge in [0, 0.05) is 23.3 Å². The fourth-order valence-corrected chi connectivity index (χ4v) is 2.31. The van der Waals surface area contributed by atoms with E-state index in [0.717, 1.165) is 24.1 Å². The van der Waals surface area contributed by atoms with Crippen LogP contribution >= 0.6 is 11.3 Å². The maximum absolute atomic E-state index is 11.3. The number of nitrogens with two attached hydrogens (primary N) is 2. The monoisotopic (exact) mass is 266 g/mol. The van der Waals surface area contributed by atoms with Gasteiger partial charge in [-0.25, -0.2) is 0 Å². The fourth-order valence-electron chi connectivity index (χ4n) is 1.58. The lowest BCUT2D eigenvalue weighted by molar-refractivity contribution is -0.118. The van der Waals surface area contributed by atoms with Gasteiger partial charge >= 0.3 is 0 Å². The molecule has 0 aliphatic carbocycles. The van der Waals surface area contributed by atoms with E-state index in [2.05, 4.69) is 0 Å². The van der Waals surface area contributed by atoms with Crippen molar-refractivity contribution in [1.82, 2.24) is 0 Å². The zero-order chi connectivity index (χ0) is 13.4. The molecule has 1 heterocycles. The van der Waals surface area contributed by atoms with Crippen molar-refractivity contribution >= 4 is 23.2 Å². The molecule has 0 aliphatic rings. The molecule has 0 aliphatic heterocycles. The quantitative estimate of drug-likeness (QED) is 0.554. The zero-order valence-corrected chi connectivity index (χ0v) is 11.0. The number of allylic oxidation sites excluding steroid dienone is 1. The van der Waals surface area contributed by atoms with E-state index in [1.165, 1.54) is 0 Å². The third-order valence-corrected chi connectivity index (χ3v) is 3.41. The first kappa shape index (κ1) is 14.4. The van der Waals surface area contributed by atoms with E-state index in [1.807, 2.05) is 23.6 Å². The summed E-state index contributed by atoms with van der Waals surface area (Å²) in [4.78, 5) is 23.0. The minimum absolute atomic E-state index is 0.285. The number of carbonyl (C=O) groups excluding carboxylic acids is 2. The van der Waals surface area contributed by atoms with Gasteiger partial charge in [-0.3, -0.25) is 9.59 Å². The van der Waals surface area contributed by atoms with Crippen molar-refractivity contribution in [3.05, 3.63) is 34.0 Å². The van der Waals surface area contributed by atoms with Crippen molar-refractivity contribution in [1.29, 1.82) is 0 Å². The van der Waals surface area contributed by atoms with E-state index < -0.39 is 0 Å². The van der Waals surface area contributed by atoms with E-state index in [9.17, 15) is 9.59 Å². The van der Waals surface area contributed by atoms with Gasteiger partial charge in [-0.15, -0.1) is 11.3 Å². The Morgan fingerprint density at radius 1 is 1.28 bits per heavy atom. The summed E-state index contributed by atoms with van der Waals surface area (Å²) in [5.41, 5.74) is 11.0. The van der Waals surface area contributed by atoms with Gasteiger partial charge in [0.1, 0.15) is 0 Å². The number of hydrogen-bond donors (Lipinski definition) is 2. The Kier molecular flexibility index (Phi) is 6.14. The normalized spacial score (nSPS) is 11.4. The second-order valence-corrected chi connectivity index (χ2v) is 5.09. The summed E-state index contributed by atoms with van der Waals surface area (Å²) in [6, 6.07) is 3.93. The minimum atomic E-state index is -0.377. The molecule has 0 bridgehead atoms. The minimum Gasteiger partial charge on any atom is -0.370 e. The van der Waals surface area contributed by atoms with E-state index >= 15 is 0 Å². The van der Waals surface area contributed by atoms with Gasteiger partial charge in [0.25, 0.3) is 0 Å². The molecule has 0 aromatic carbocycles. The van der Waals surface area contributed by atoms with Gasteiger partial charge in [0.05, 0.1) is 0 Å². The highest BCUT2D eigenvalue weighted by Crippen LogP contribution is 2.15. The van der Waals surface area contributed by atoms with Crippen molar-refractivity contribution < 1.29 is 9.59 Å².